The predicted octanol–water partition coefficient (Wildman–Crippen LogP) is 4.54. The van der Waals surface area contributed by atoms with Crippen molar-refractivity contribution in [2.45, 2.75) is 172 Å². The maximum atomic E-state index is 14.4. The second-order valence-corrected chi connectivity index (χ2v) is 26.6. The molecule has 9 N–H and O–H groups in total. The van der Waals surface area contributed by atoms with Crippen LogP contribution in [0.3, 0.4) is 0 Å². The first kappa shape index (κ1) is 61.1. The maximum absolute atomic E-state index is 14.4. The molecule has 3 aromatic rings. The average molecular weight is 1150 g/mol. The lowest BCUT2D eigenvalue weighted by Crippen LogP contribution is -2.58. The van der Waals surface area contributed by atoms with Crippen molar-refractivity contribution in [3.05, 3.63) is 106 Å². The highest BCUT2D eigenvalue weighted by Gasteiger charge is 2.57. The lowest BCUT2D eigenvalue weighted by atomic mass is 9.78. The first-order valence-corrected chi connectivity index (χ1v) is 30.9. The van der Waals surface area contributed by atoms with E-state index in [-0.39, 0.29) is 52.1 Å². The number of primary amides is 1. The van der Waals surface area contributed by atoms with Crippen molar-refractivity contribution in [1.82, 2.24) is 47.0 Å². The van der Waals surface area contributed by atoms with Crippen molar-refractivity contribution < 1.29 is 38.4 Å². The molecule has 0 aromatic heterocycles. The summed E-state index contributed by atoms with van der Waals surface area (Å²) < 4.78 is 0. The Morgan fingerprint density at radius 1 is 0.593 bits per heavy atom. The van der Waals surface area contributed by atoms with E-state index in [4.69, 9.17) is 5.73 Å². The average Bonchev–Trinajstić information content (AvgIpc) is 3.43. The molecule has 438 valence electrons. The summed E-state index contributed by atoms with van der Waals surface area (Å²) in [6, 6.07) is 19.2. The molecule has 0 bridgehead atoms. The molecule has 2 unspecified atom stereocenters. The van der Waals surface area contributed by atoms with E-state index in [1.54, 1.807) is 61.3 Å². The van der Waals surface area contributed by atoms with Crippen molar-refractivity contribution in [1.29, 1.82) is 0 Å². The summed E-state index contributed by atoms with van der Waals surface area (Å²) in [7, 11) is 3.39. The largest absolute Gasteiger partial charge is 0.369 e. The van der Waals surface area contributed by atoms with Gasteiger partial charge in [0, 0.05) is 6.54 Å². The number of likely N-dealkylation sites (N-methyl/N-ethyl adjacent to an activating group) is 2. The van der Waals surface area contributed by atoms with Gasteiger partial charge in [0.05, 0.1) is 46.8 Å². The molecule has 2 aliphatic carbocycles. The summed E-state index contributed by atoms with van der Waals surface area (Å²) in [4.78, 5) is 111. The van der Waals surface area contributed by atoms with Gasteiger partial charge in [-0.1, -0.05) is 107 Å². The van der Waals surface area contributed by atoms with Crippen LogP contribution in [0.15, 0.2) is 72.8 Å². The number of hydrogen-bond donors (Lipinski definition) is 8. The standard InChI is InChI=1S/C35H47N5O4S.C26H37N5O4S/c1-6-22-11-13-23(14-12-22)20-37-32(42)26-16-15-24-9-7-8-10-25(24)29(26)39-33(43)30-35(3,4)19-28-40(30)34(44)27(17-18-45-28)38-31(41)21(2)36-5;1-14(28-4)23(33)29-18-11-12-36-19-13-26(2,3)21(31(19)25(18)35)24(34)30-20-16-8-6-5-7-15(16)9-10-17(20)22(27)32/h7-14,21,26-30,36H,6,15-20H2,1-5H3,(H,37,42)(H,38,41)(H,39,43);5-8,14,17-21,28H,9-13H2,1-4H3,(H2,27,32)(H,29,33)(H,30,34)/t21-,26+,27-,28?,29-,30+;14-,17+,18-,19?,20+,21+/m00/s1. The van der Waals surface area contributed by atoms with Crippen molar-refractivity contribution >= 4 is 70.8 Å². The second kappa shape index (κ2) is 26.1. The highest BCUT2D eigenvalue weighted by molar-refractivity contribution is 8.00. The minimum Gasteiger partial charge on any atom is -0.369 e. The molecule has 8 amide bonds. The molecule has 4 fully saturated rings. The number of carbonyl (C=O) groups is 8. The van der Waals surface area contributed by atoms with Crippen LogP contribution in [-0.4, -0.2) is 130 Å². The summed E-state index contributed by atoms with van der Waals surface area (Å²) >= 11 is 3.32. The number of thioether (sulfide) groups is 2. The minimum atomic E-state index is -0.739. The summed E-state index contributed by atoms with van der Waals surface area (Å²) in [5.41, 5.74) is 11.1. The molecule has 9 rings (SSSR count). The van der Waals surface area contributed by atoms with Gasteiger partial charge in [0.25, 0.3) is 0 Å². The van der Waals surface area contributed by atoms with Crippen LogP contribution < -0.4 is 43.0 Å². The van der Waals surface area contributed by atoms with Crippen molar-refractivity contribution in [3.63, 3.8) is 0 Å². The third-order valence-corrected chi connectivity index (χ3v) is 20.1. The normalized spacial score (nSPS) is 27.9. The van der Waals surface area contributed by atoms with Crippen molar-refractivity contribution in [3.8, 4) is 0 Å². The van der Waals surface area contributed by atoms with Gasteiger partial charge < -0.3 is 52.8 Å². The molecule has 4 aliphatic heterocycles. The number of aryl methyl sites for hydroxylation is 3. The van der Waals surface area contributed by atoms with Gasteiger partial charge in [-0.25, -0.2) is 0 Å². The molecule has 0 spiro atoms. The fourth-order valence-corrected chi connectivity index (χ4v) is 15.9. The lowest BCUT2D eigenvalue weighted by molar-refractivity contribution is -0.144. The number of nitrogens with two attached hydrogens (primary N) is 1. The first-order valence-electron chi connectivity index (χ1n) is 28.8. The molecule has 81 heavy (non-hydrogen) atoms. The van der Waals surface area contributed by atoms with Gasteiger partial charge >= 0.3 is 0 Å². The summed E-state index contributed by atoms with van der Waals surface area (Å²) in [6.45, 7) is 14.1. The van der Waals surface area contributed by atoms with E-state index in [2.05, 4.69) is 62.3 Å². The Kier molecular flexibility index (Phi) is 19.7. The molecule has 18 nitrogen and oxygen atoms in total. The number of fused-ring (bicyclic) bond motifs is 4. The molecular weight excluding hydrogens is 1060 g/mol. The van der Waals surface area contributed by atoms with Crippen LogP contribution in [0.5, 0.6) is 0 Å². The van der Waals surface area contributed by atoms with Crippen LogP contribution in [-0.2, 0) is 64.2 Å². The Labute approximate surface area is 485 Å². The van der Waals surface area contributed by atoms with E-state index in [0.717, 1.165) is 47.1 Å². The fraction of sp³-hybridized carbons (Fsp3) is 0.574. The Balaban J connectivity index is 0.000000218. The number of hydrogen-bond acceptors (Lipinski definition) is 12. The van der Waals surface area contributed by atoms with Gasteiger partial charge in [0.1, 0.15) is 24.2 Å². The van der Waals surface area contributed by atoms with E-state index in [0.29, 0.717) is 56.6 Å². The highest BCUT2D eigenvalue weighted by Crippen LogP contribution is 2.49. The van der Waals surface area contributed by atoms with E-state index in [1.165, 1.54) is 5.56 Å². The molecular formula is C61H84N10O8S2. The zero-order chi connectivity index (χ0) is 58.5. The lowest BCUT2D eigenvalue weighted by Gasteiger charge is -2.38. The number of nitrogens with zero attached hydrogens (tertiary/aromatic N) is 2. The van der Waals surface area contributed by atoms with Gasteiger partial charge in [0.2, 0.25) is 47.3 Å². The molecule has 6 aliphatic rings. The van der Waals surface area contributed by atoms with Gasteiger partial charge in [-0.3, -0.25) is 38.4 Å². The highest BCUT2D eigenvalue weighted by atomic mass is 32.2. The van der Waals surface area contributed by atoms with Crippen molar-refractivity contribution in [2.24, 2.45) is 28.4 Å². The van der Waals surface area contributed by atoms with Crippen LogP contribution in [0.4, 0.5) is 0 Å². The van der Waals surface area contributed by atoms with Gasteiger partial charge in [-0.15, -0.1) is 23.5 Å². The van der Waals surface area contributed by atoms with Crippen LogP contribution in [0.25, 0.3) is 0 Å². The number of rotatable bonds is 15. The Bertz CT molecular complexity index is 2830. The quantitative estimate of drug-likeness (QED) is 0.105. The molecule has 3 aromatic carbocycles. The van der Waals surface area contributed by atoms with Crippen LogP contribution in [0.1, 0.15) is 132 Å². The predicted molar refractivity (Wildman–Crippen MR) is 316 cm³/mol. The zero-order valence-corrected chi connectivity index (χ0v) is 50.0. The van der Waals surface area contributed by atoms with E-state index >= 15 is 0 Å². The van der Waals surface area contributed by atoms with Crippen LogP contribution in [0.2, 0.25) is 0 Å². The molecule has 20 heteroatoms. The summed E-state index contributed by atoms with van der Waals surface area (Å²) in [6.07, 6.45) is 5.93. The van der Waals surface area contributed by atoms with Crippen LogP contribution in [0, 0.1) is 22.7 Å². The summed E-state index contributed by atoms with van der Waals surface area (Å²) in [5, 5.41) is 20.8. The van der Waals surface area contributed by atoms with Gasteiger partial charge in [0.15, 0.2) is 0 Å². The number of amides is 8. The Hall–Kier alpha value is -5.96. The number of nitrogens with one attached hydrogen (secondary N) is 7. The first-order chi connectivity index (χ1) is 38.6. The smallest absolute Gasteiger partial charge is 0.246 e. The number of benzene rings is 3. The molecule has 4 heterocycles. The Morgan fingerprint density at radius 2 is 1.01 bits per heavy atom. The monoisotopic (exact) mass is 1150 g/mol. The summed E-state index contributed by atoms with van der Waals surface area (Å²) in [5.74, 6) is -1.61. The third kappa shape index (κ3) is 13.4. The van der Waals surface area contributed by atoms with E-state index in [9.17, 15) is 38.4 Å². The maximum Gasteiger partial charge on any atom is 0.246 e. The Morgan fingerprint density at radius 3 is 1.44 bits per heavy atom. The molecule has 4 saturated heterocycles. The zero-order valence-electron chi connectivity index (χ0n) is 48.4. The molecule has 0 saturated carbocycles. The van der Waals surface area contributed by atoms with E-state index in [1.807, 2.05) is 82.3 Å². The van der Waals surface area contributed by atoms with Crippen molar-refractivity contribution in [2.75, 3.05) is 25.6 Å². The van der Waals surface area contributed by atoms with Gasteiger partial charge in [-0.05, 0) is 141 Å². The SMILES string of the molecule is CCc1ccc(CNC(=O)[C@@H]2CCc3ccccc3[C@@H]2NC(=O)[C@H]2N3C(=O)[C@@H](NC(=O)[C@H](C)NC)CCSC3CC2(C)C)cc1.CN[C@@H](C)C(=O)N[C@H]1CCSC2CC(C)(C)[C@@H](C(=O)N[C@@H]3c4ccccc4CC[C@H]3C(N)=O)N2C1=O. The van der Waals surface area contributed by atoms with Gasteiger partial charge in [-0.2, -0.15) is 0 Å². The topological polar surface area (TPSA) is 253 Å². The third-order valence-electron chi connectivity index (χ3n) is 17.6. The number of carbonyl (C=O) groups excluding carboxylic acids is 8. The second-order valence-electron chi connectivity index (χ2n) is 24.0. The fourth-order valence-electron chi connectivity index (χ4n) is 12.7. The van der Waals surface area contributed by atoms with E-state index < -0.39 is 76.9 Å². The van der Waals surface area contributed by atoms with Crippen LogP contribution >= 0.6 is 23.5 Å². The minimum absolute atomic E-state index is 0.0965. The molecule has 0 radical (unpaired) electrons. The molecule has 12 atom stereocenters.